The van der Waals surface area contributed by atoms with Crippen LogP contribution in [-0.2, 0) is 10.0 Å². The first-order valence-corrected chi connectivity index (χ1v) is 7.91. The van der Waals surface area contributed by atoms with Crippen molar-refractivity contribution in [1.29, 1.82) is 0 Å². The highest BCUT2D eigenvalue weighted by Gasteiger charge is 2.38. The number of rotatable bonds is 3. The molecule has 2 N–H and O–H groups in total. The lowest BCUT2D eigenvalue weighted by Crippen LogP contribution is -2.40. The van der Waals surface area contributed by atoms with E-state index in [1.807, 2.05) is 0 Å². The van der Waals surface area contributed by atoms with Crippen molar-refractivity contribution in [3.8, 4) is 0 Å². The minimum atomic E-state index is -3.20. The van der Waals surface area contributed by atoms with E-state index in [4.69, 9.17) is 0 Å². The molecule has 0 aromatic rings. The average molecular weight is 262 g/mol. The van der Waals surface area contributed by atoms with Crippen LogP contribution in [0.1, 0.15) is 26.2 Å². The highest BCUT2D eigenvalue weighted by Crippen LogP contribution is 2.25. The van der Waals surface area contributed by atoms with E-state index in [0.717, 1.165) is 25.9 Å². The predicted molar refractivity (Wildman–Crippen MR) is 66.2 cm³/mol. The molecule has 100 valence electrons. The van der Waals surface area contributed by atoms with Gasteiger partial charge in [0, 0.05) is 13.1 Å². The fourth-order valence-corrected chi connectivity index (χ4v) is 4.55. The van der Waals surface area contributed by atoms with Crippen LogP contribution in [0.5, 0.6) is 0 Å². The van der Waals surface area contributed by atoms with Crippen molar-refractivity contribution in [2.45, 2.75) is 31.8 Å². The lowest BCUT2D eigenvalue weighted by atomic mass is 10.0. The van der Waals surface area contributed by atoms with Crippen LogP contribution in [-0.4, -0.2) is 55.4 Å². The lowest BCUT2D eigenvalue weighted by molar-refractivity contribution is 0.0762. The molecule has 0 amide bonds. The number of β-amino-alcohol motifs (C(OH)–C–C–N with tert-alkyl or cyclic N) is 1. The average Bonchev–Trinajstić information content (AvgIpc) is 2.60. The molecule has 2 atom stereocenters. The van der Waals surface area contributed by atoms with Gasteiger partial charge in [-0.15, -0.1) is 0 Å². The Morgan fingerprint density at radius 2 is 2.29 bits per heavy atom. The van der Waals surface area contributed by atoms with Gasteiger partial charge >= 0.3 is 0 Å². The third-order valence-electron chi connectivity index (χ3n) is 3.66. The van der Waals surface area contributed by atoms with E-state index >= 15 is 0 Å². The first kappa shape index (κ1) is 13.3. The van der Waals surface area contributed by atoms with Gasteiger partial charge in [-0.1, -0.05) is 0 Å². The SMILES string of the molecule is CC1(O)CCN(S(=O)(=O)CC2CCCNC2)C1. The van der Waals surface area contributed by atoms with Crippen LogP contribution in [0.4, 0.5) is 0 Å². The third-order valence-corrected chi connectivity index (χ3v) is 5.65. The summed E-state index contributed by atoms with van der Waals surface area (Å²) in [7, 11) is -3.20. The largest absolute Gasteiger partial charge is 0.389 e. The van der Waals surface area contributed by atoms with Crippen LogP contribution in [0.25, 0.3) is 0 Å². The Hall–Kier alpha value is -0.170. The van der Waals surface area contributed by atoms with E-state index in [0.29, 0.717) is 13.0 Å². The van der Waals surface area contributed by atoms with Crippen molar-refractivity contribution < 1.29 is 13.5 Å². The van der Waals surface area contributed by atoms with Crippen LogP contribution >= 0.6 is 0 Å². The van der Waals surface area contributed by atoms with E-state index in [1.165, 1.54) is 4.31 Å². The zero-order valence-electron chi connectivity index (χ0n) is 10.4. The molecule has 0 aliphatic carbocycles. The number of piperidine rings is 1. The molecule has 2 rings (SSSR count). The molecule has 6 heteroatoms. The molecule has 17 heavy (non-hydrogen) atoms. The van der Waals surface area contributed by atoms with Gasteiger partial charge in [0.1, 0.15) is 0 Å². The first-order valence-electron chi connectivity index (χ1n) is 6.30. The summed E-state index contributed by atoms with van der Waals surface area (Å²) in [5, 5.41) is 13.0. The van der Waals surface area contributed by atoms with Gasteiger partial charge in [0.2, 0.25) is 10.0 Å². The van der Waals surface area contributed by atoms with E-state index < -0.39 is 15.6 Å². The van der Waals surface area contributed by atoms with Crippen molar-refractivity contribution >= 4 is 10.0 Å². The quantitative estimate of drug-likeness (QED) is 0.737. The third kappa shape index (κ3) is 3.40. The second-order valence-corrected chi connectivity index (χ2v) is 7.58. The van der Waals surface area contributed by atoms with Crippen molar-refractivity contribution in [2.24, 2.45) is 5.92 Å². The van der Waals surface area contributed by atoms with E-state index in [1.54, 1.807) is 6.92 Å². The van der Waals surface area contributed by atoms with Crippen LogP contribution < -0.4 is 5.32 Å². The molecule has 2 unspecified atom stereocenters. The Morgan fingerprint density at radius 1 is 1.53 bits per heavy atom. The summed E-state index contributed by atoms with van der Waals surface area (Å²) in [6.45, 7) is 4.19. The van der Waals surface area contributed by atoms with Crippen molar-refractivity contribution in [1.82, 2.24) is 9.62 Å². The Bertz CT molecular complexity index is 361. The summed E-state index contributed by atoms with van der Waals surface area (Å²) in [6, 6.07) is 0. The molecule has 0 bridgehead atoms. The fraction of sp³-hybridized carbons (Fsp3) is 1.00. The molecular formula is C11H22N2O3S. The van der Waals surface area contributed by atoms with Crippen LogP contribution in [0.15, 0.2) is 0 Å². The molecule has 5 nitrogen and oxygen atoms in total. The van der Waals surface area contributed by atoms with Gasteiger partial charge in [0.05, 0.1) is 11.4 Å². The molecule has 0 aromatic heterocycles. The molecule has 2 fully saturated rings. The zero-order valence-corrected chi connectivity index (χ0v) is 11.2. The number of nitrogens with one attached hydrogen (secondary N) is 1. The number of nitrogens with zero attached hydrogens (tertiary/aromatic N) is 1. The number of hydrogen-bond donors (Lipinski definition) is 2. The summed E-state index contributed by atoms with van der Waals surface area (Å²) in [4.78, 5) is 0. The summed E-state index contributed by atoms with van der Waals surface area (Å²) in [5.74, 6) is 0.440. The monoisotopic (exact) mass is 262 g/mol. The molecule has 2 aliphatic heterocycles. The summed E-state index contributed by atoms with van der Waals surface area (Å²) >= 11 is 0. The van der Waals surface area contributed by atoms with Gasteiger partial charge < -0.3 is 10.4 Å². The smallest absolute Gasteiger partial charge is 0.214 e. The molecule has 0 spiro atoms. The minimum absolute atomic E-state index is 0.218. The topological polar surface area (TPSA) is 69.6 Å². The van der Waals surface area contributed by atoms with Gasteiger partial charge in [0.15, 0.2) is 0 Å². The molecule has 0 saturated carbocycles. The molecular weight excluding hydrogens is 240 g/mol. The minimum Gasteiger partial charge on any atom is -0.389 e. The summed E-state index contributed by atoms with van der Waals surface area (Å²) < 4.78 is 25.8. The maximum atomic E-state index is 12.2. The van der Waals surface area contributed by atoms with Crippen LogP contribution in [0.2, 0.25) is 0 Å². The lowest BCUT2D eigenvalue weighted by Gasteiger charge is -2.25. The predicted octanol–water partition coefficient (Wildman–Crippen LogP) is -0.227. The Balaban J connectivity index is 1.94. The molecule has 2 aliphatic rings. The van der Waals surface area contributed by atoms with Crippen molar-refractivity contribution in [2.75, 3.05) is 31.9 Å². The first-order chi connectivity index (χ1) is 7.89. The highest BCUT2D eigenvalue weighted by molar-refractivity contribution is 7.89. The normalized spacial score (nSPS) is 36.2. The van der Waals surface area contributed by atoms with Gasteiger partial charge in [-0.2, -0.15) is 4.31 Å². The van der Waals surface area contributed by atoms with Crippen molar-refractivity contribution in [3.63, 3.8) is 0 Å². The van der Waals surface area contributed by atoms with Gasteiger partial charge in [-0.3, -0.25) is 0 Å². The molecule has 0 aromatic carbocycles. The van der Waals surface area contributed by atoms with Gasteiger partial charge in [-0.25, -0.2) is 8.42 Å². The number of hydrogen-bond acceptors (Lipinski definition) is 4. The molecule has 0 radical (unpaired) electrons. The second kappa shape index (κ2) is 4.84. The zero-order chi connectivity index (χ0) is 12.5. The summed E-state index contributed by atoms with van der Waals surface area (Å²) in [5.41, 5.74) is -0.849. The molecule has 2 heterocycles. The Labute approximate surface area is 103 Å². The van der Waals surface area contributed by atoms with E-state index in [2.05, 4.69) is 5.32 Å². The number of sulfonamides is 1. The Morgan fingerprint density at radius 3 is 2.82 bits per heavy atom. The maximum absolute atomic E-state index is 12.2. The van der Waals surface area contributed by atoms with E-state index in [-0.39, 0.29) is 18.2 Å². The molecule has 2 saturated heterocycles. The van der Waals surface area contributed by atoms with Crippen LogP contribution in [0, 0.1) is 5.92 Å². The highest BCUT2D eigenvalue weighted by atomic mass is 32.2. The summed E-state index contributed by atoms with van der Waals surface area (Å²) in [6.07, 6.45) is 2.57. The second-order valence-electron chi connectivity index (χ2n) is 5.57. The van der Waals surface area contributed by atoms with Gasteiger partial charge in [0.25, 0.3) is 0 Å². The number of aliphatic hydroxyl groups is 1. The Kier molecular flexibility index (Phi) is 3.77. The maximum Gasteiger partial charge on any atom is 0.214 e. The van der Waals surface area contributed by atoms with E-state index in [9.17, 15) is 13.5 Å². The van der Waals surface area contributed by atoms with Crippen LogP contribution in [0.3, 0.4) is 0 Å². The fourth-order valence-electron chi connectivity index (χ4n) is 2.61. The van der Waals surface area contributed by atoms with Crippen molar-refractivity contribution in [3.05, 3.63) is 0 Å². The standard InChI is InChI=1S/C11H22N2O3S/c1-11(14)4-6-13(9-11)17(15,16)8-10-3-2-5-12-7-10/h10,12,14H,2-9H2,1H3. The van der Waals surface area contributed by atoms with Gasteiger partial charge in [-0.05, 0) is 45.2 Å².